The molecule has 0 unspecified atom stereocenters. The minimum Gasteiger partial charge on any atom is -0.371 e. The summed E-state index contributed by atoms with van der Waals surface area (Å²) in [6.07, 6.45) is -3.71. The van der Waals surface area contributed by atoms with Crippen molar-refractivity contribution in [2.75, 3.05) is 18.4 Å². The third kappa shape index (κ3) is 6.28. The van der Waals surface area contributed by atoms with E-state index in [9.17, 15) is 18.0 Å². The molecule has 0 bridgehead atoms. The van der Waals surface area contributed by atoms with Gasteiger partial charge in [-0.25, -0.2) is 0 Å². The molecule has 10 heteroatoms. The lowest BCUT2D eigenvalue weighted by atomic mass is 10.1. The van der Waals surface area contributed by atoms with Gasteiger partial charge in [-0.3, -0.25) is 4.79 Å². The lowest BCUT2D eigenvalue weighted by molar-refractivity contribution is -0.137. The molecule has 0 atom stereocenters. The minimum absolute atomic E-state index is 0. The summed E-state index contributed by atoms with van der Waals surface area (Å²) in [4.78, 5) is 15.1. The number of pyridine rings is 1. The number of hydrogen-bond donors (Lipinski definition) is 3. The Morgan fingerprint density at radius 1 is 0.967 bits per heavy atom. The fraction of sp³-hybridized carbons (Fsp3) is 0.250. The van der Waals surface area contributed by atoms with E-state index >= 15 is 0 Å². The van der Waals surface area contributed by atoms with Crippen molar-refractivity contribution in [2.45, 2.75) is 19.1 Å². The van der Waals surface area contributed by atoms with Crippen LogP contribution in [-0.4, -0.2) is 18.1 Å². The first-order valence-electron chi connectivity index (χ1n) is 8.87. The van der Waals surface area contributed by atoms with E-state index in [1.807, 2.05) is 6.07 Å². The van der Waals surface area contributed by atoms with Crippen LogP contribution < -0.4 is 16.1 Å². The van der Waals surface area contributed by atoms with Crippen LogP contribution in [0, 0.1) is 0 Å². The summed E-state index contributed by atoms with van der Waals surface area (Å²) in [6.45, 7) is 1.95. The van der Waals surface area contributed by atoms with Gasteiger partial charge in [0.1, 0.15) is 5.82 Å². The predicted molar refractivity (Wildman–Crippen MR) is 118 cm³/mol. The van der Waals surface area contributed by atoms with E-state index in [0.29, 0.717) is 34.5 Å². The maximum Gasteiger partial charge on any atom is 0.416 e. The Morgan fingerprint density at radius 2 is 1.73 bits per heavy atom. The molecule has 1 heterocycles. The maximum atomic E-state index is 12.8. The Labute approximate surface area is 187 Å². The average Bonchev–Trinajstić information content (AvgIpc) is 2.66. The summed E-state index contributed by atoms with van der Waals surface area (Å²) >= 11 is 11.9. The van der Waals surface area contributed by atoms with E-state index < -0.39 is 17.2 Å². The summed E-state index contributed by atoms with van der Waals surface area (Å²) in [5, 5.41) is 7.39. The Hall–Kier alpha value is -1.93. The minimum atomic E-state index is -4.48. The van der Waals surface area contributed by atoms with Gasteiger partial charge >= 0.3 is 6.18 Å². The quantitative estimate of drug-likeness (QED) is 0.371. The van der Waals surface area contributed by atoms with Crippen molar-refractivity contribution in [1.29, 1.82) is 0 Å². The summed E-state index contributed by atoms with van der Waals surface area (Å²) in [7, 11) is 0. The van der Waals surface area contributed by atoms with Gasteiger partial charge in [-0.15, -0.1) is 12.4 Å². The van der Waals surface area contributed by atoms with E-state index in [1.165, 1.54) is 12.1 Å². The Balaban J connectivity index is 0.00000320. The van der Waals surface area contributed by atoms with E-state index in [1.54, 1.807) is 12.1 Å². The summed E-state index contributed by atoms with van der Waals surface area (Å²) in [6, 6.07) is 9.80. The zero-order valence-electron chi connectivity index (χ0n) is 15.6. The van der Waals surface area contributed by atoms with Crippen molar-refractivity contribution in [2.24, 2.45) is 0 Å². The molecular weight excluding hydrogens is 462 g/mol. The van der Waals surface area contributed by atoms with Crippen LogP contribution in [0.4, 0.5) is 19.0 Å². The highest BCUT2D eigenvalue weighted by Gasteiger charge is 2.30. The Kier molecular flexibility index (Phi) is 8.43. The summed E-state index contributed by atoms with van der Waals surface area (Å²) in [5.41, 5.74) is 0.0598. The molecular formula is C20H19Cl3F3N3O. The summed E-state index contributed by atoms with van der Waals surface area (Å²) in [5.74, 6) is 0.465. The molecule has 3 rings (SSSR count). The molecule has 0 spiro atoms. The number of rotatable bonds is 7. The number of anilines is 1. The van der Waals surface area contributed by atoms with Crippen LogP contribution in [0.2, 0.25) is 10.0 Å². The first-order valence-corrected chi connectivity index (χ1v) is 9.62. The zero-order chi connectivity index (χ0) is 21.0. The van der Waals surface area contributed by atoms with Gasteiger partial charge in [0.2, 0.25) is 0 Å². The molecule has 0 aliphatic heterocycles. The van der Waals surface area contributed by atoms with Gasteiger partial charge in [0, 0.05) is 24.5 Å². The molecule has 0 aliphatic rings. The van der Waals surface area contributed by atoms with Crippen LogP contribution in [0.15, 0.2) is 47.3 Å². The molecule has 0 radical (unpaired) electrons. The fourth-order valence-electron chi connectivity index (χ4n) is 2.84. The molecule has 0 saturated carbocycles. The standard InChI is InChI=1S/C20H18Cl2F3N3O.ClH/c21-15-4-2-12(8-16(15)22)11-26-6-1-7-27-19-10-18(29)14-9-13(20(23,24)25)3-5-17(14)28-19;/h2-5,8-10,26H,1,6-7,11H2,(H2,27,28,29);1H. The number of alkyl halides is 3. The highest BCUT2D eigenvalue weighted by molar-refractivity contribution is 6.42. The lowest BCUT2D eigenvalue weighted by Gasteiger charge is -2.10. The smallest absolute Gasteiger partial charge is 0.371 e. The Bertz CT molecular complexity index is 1070. The van der Waals surface area contributed by atoms with Crippen molar-refractivity contribution in [3.8, 4) is 0 Å². The number of fused-ring (bicyclic) bond motifs is 1. The van der Waals surface area contributed by atoms with Crippen LogP contribution in [0.1, 0.15) is 17.5 Å². The highest BCUT2D eigenvalue weighted by atomic mass is 35.5. The first kappa shape index (κ1) is 24.3. The molecule has 4 nitrogen and oxygen atoms in total. The van der Waals surface area contributed by atoms with Gasteiger partial charge in [0.25, 0.3) is 0 Å². The van der Waals surface area contributed by atoms with E-state index in [-0.39, 0.29) is 17.8 Å². The zero-order valence-corrected chi connectivity index (χ0v) is 17.9. The van der Waals surface area contributed by atoms with Crippen molar-refractivity contribution >= 4 is 52.3 Å². The molecule has 0 saturated heterocycles. The molecule has 0 fully saturated rings. The van der Waals surface area contributed by atoms with Gasteiger partial charge in [-0.1, -0.05) is 29.3 Å². The molecule has 2 aromatic carbocycles. The maximum absolute atomic E-state index is 12.8. The molecule has 1 aromatic heterocycles. The monoisotopic (exact) mass is 479 g/mol. The molecule has 30 heavy (non-hydrogen) atoms. The van der Waals surface area contributed by atoms with E-state index in [2.05, 4.69) is 15.6 Å². The van der Waals surface area contributed by atoms with Crippen LogP contribution in [-0.2, 0) is 12.7 Å². The number of aromatic amines is 1. The van der Waals surface area contributed by atoms with Gasteiger partial charge in [0.15, 0.2) is 5.43 Å². The van der Waals surface area contributed by atoms with Gasteiger partial charge in [-0.2, -0.15) is 13.2 Å². The second kappa shape index (κ2) is 10.4. The van der Waals surface area contributed by atoms with Crippen molar-refractivity contribution in [3.63, 3.8) is 0 Å². The molecule has 162 valence electrons. The third-order valence-corrected chi connectivity index (χ3v) is 5.06. The fourth-order valence-corrected chi connectivity index (χ4v) is 3.16. The van der Waals surface area contributed by atoms with Gasteiger partial charge in [0.05, 0.1) is 21.1 Å². The van der Waals surface area contributed by atoms with Crippen molar-refractivity contribution < 1.29 is 13.2 Å². The highest BCUT2D eigenvalue weighted by Crippen LogP contribution is 2.30. The molecule has 3 aromatic rings. The van der Waals surface area contributed by atoms with Crippen molar-refractivity contribution in [3.05, 3.63) is 73.9 Å². The van der Waals surface area contributed by atoms with E-state index in [4.69, 9.17) is 23.2 Å². The number of nitrogens with one attached hydrogen (secondary N) is 3. The first-order chi connectivity index (χ1) is 13.7. The second-order valence-electron chi connectivity index (χ2n) is 6.51. The van der Waals surface area contributed by atoms with Crippen molar-refractivity contribution in [1.82, 2.24) is 10.3 Å². The van der Waals surface area contributed by atoms with Crippen LogP contribution in [0.3, 0.4) is 0 Å². The number of halogens is 6. The Morgan fingerprint density at radius 3 is 2.43 bits per heavy atom. The van der Waals surface area contributed by atoms with Gasteiger partial charge < -0.3 is 15.6 Å². The normalized spacial score (nSPS) is 11.4. The van der Waals surface area contributed by atoms with E-state index in [0.717, 1.165) is 30.7 Å². The average molecular weight is 481 g/mol. The molecule has 0 amide bonds. The largest absolute Gasteiger partial charge is 0.416 e. The SMILES string of the molecule is Cl.O=c1cc(NCCCNCc2ccc(Cl)c(Cl)c2)[nH]c2ccc(C(F)(F)F)cc12. The topological polar surface area (TPSA) is 56.9 Å². The van der Waals surface area contributed by atoms with Crippen LogP contribution in [0.25, 0.3) is 10.9 Å². The molecule has 0 aliphatic carbocycles. The third-order valence-electron chi connectivity index (χ3n) is 4.32. The number of benzene rings is 2. The van der Waals surface area contributed by atoms with Crippen LogP contribution >= 0.6 is 35.6 Å². The molecule has 3 N–H and O–H groups in total. The number of H-pyrrole nitrogens is 1. The lowest BCUT2D eigenvalue weighted by Crippen LogP contribution is -2.18. The number of hydrogen-bond acceptors (Lipinski definition) is 3. The predicted octanol–water partition coefficient (Wildman–Crippen LogP) is 5.87. The number of aromatic nitrogens is 1. The van der Waals surface area contributed by atoms with Crippen LogP contribution in [0.5, 0.6) is 0 Å². The summed E-state index contributed by atoms with van der Waals surface area (Å²) < 4.78 is 38.4. The second-order valence-corrected chi connectivity index (χ2v) is 7.33. The van der Waals surface area contributed by atoms with Gasteiger partial charge in [-0.05, 0) is 48.9 Å².